The second kappa shape index (κ2) is 11.6. The standard InChI is InChI=1S/C30H35FN8O2S/c1-7-22-27(33-16-25-35-26(23(15-32)42-25)20-8-10-21(31)11-9-20)28-34-24(14-18(2)39(28)36-22)38-13-12-37(17-19(38)3)29(40)41-30(4,5)6/h8-11,14,19,33H,7,12-13,16-17H2,1-6H3/t19-/m1/s1. The van der Waals surface area contributed by atoms with E-state index in [0.29, 0.717) is 54.4 Å². The van der Waals surface area contributed by atoms with Gasteiger partial charge in [-0.2, -0.15) is 10.4 Å². The van der Waals surface area contributed by atoms with E-state index in [9.17, 15) is 14.4 Å². The van der Waals surface area contributed by atoms with Crippen molar-refractivity contribution in [1.82, 2.24) is 24.5 Å². The number of rotatable bonds is 6. The Bertz CT molecular complexity index is 1650. The van der Waals surface area contributed by atoms with Crippen LogP contribution in [0.15, 0.2) is 30.3 Å². The Morgan fingerprint density at radius 2 is 1.98 bits per heavy atom. The fraction of sp³-hybridized carbons (Fsp3) is 0.433. The first-order valence-electron chi connectivity index (χ1n) is 14.0. The highest BCUT2D eigenvalue weighted by Crippen LogP contribution is 2.31. The highest BCUT2D eigenvalue weighted by Gasteiger charge is 2.31. The highest BCUT2D eigenvalue weighted by atomic mass is 32.1. The minimum Gasteiger partial charge on any atom is -0.444 e. The molecule has 0 bridgehead atoms. The molecule has 42 heavy (non-hydrogen) atoms. The van der Waals surface area contributed by atoms with Gasteiger partial charge in [-0.05, 0) is 65.3 Å². The number of carbonyl (C=O) groups excluding carboxylic acids is 1. The number of piperazine rings is 1. The molecule has 4 aromatic rings. The van der Waals surface area contributed by atoms with Crippen molar-refractivity contribution in [2.45, 2.75) is 66.2 Å². The van der Waals surface area contributed by atoms with Crippen LogP contribution < -0.4 is 10.2 Å². The third-order valence-electron chi connectivity index (χ3n) is 7.04. The number of anilines is 2. The summed E-state index contributed by atoms with van der Waals surface area (Å²) < 4.78 is 20.9. The number of nitriles is 1. The SMILES string of the molecule is CCc1nn2c(C)cc(N3CCN(C(=O)OC(C)(C)C)C[C@H]3C)nc2c1NCc1nc(-c2ccc(F)cc2)c(C#N)s1. The van der Waals surface area contributed by atoms with Gasteiger partial charge in [0.15, 0.2) is 5.65 Å². The van der Waals surface area contributed by atoms with Crippen LogP contribution in [0.4, 0.5) is 20.7 Å². The van der Waals surface area contributed by atoms with Crippen LogP contribution in [0.2, 0.25) is 0 Å². The Hall–Kier alpha value is -4.24. The molecule has 10 nitrogen and oxygen atoms in total. The second-order valence-corrected chi connectivity index (χ2v) is 12.5. The summed E-state index contributed by atoms with van der Waals surface area (Å²) in [6.45, 7) is 13.8. The lowest BCUT2D eigenvalue weighted by molar-refractivity contribution is 0.0218. The predicted molar refractivity (Wildman–Crippen MR) is 161 cm³/mol. The molecule has 1 saturated heterocycles. The largest absolute Gasteiger partial charge is 0.444 e. The molecule has 0 unspecified atom stereocenters. The van der Waals surface area contributed by atoms with Gasteiger partial charge >= 0.3 is 6.09 Å². The number of carbonyl (C=O) groups is 1. The quantitative estimate of drug-likeness (QED) is 0.300. The van der Waals surface area contributed by atoms with Gasteiger partial charge < -0.3 is 19.9 Å². The molecule has 1 aromatic carbocycles. The van der Waals surface area contributed by atoms with Crippen LogP contribution >= 0.6 is 11.3 Å². The van der Waals surface area contributed by atoms with Crippen molar-refractivity contribution >= 4 is 34.6 Å². The molecule has 1 atom stereocenters. The van der Waals surface area contributed by atoms with E-state index in [1.807, 2.05) is 45.2 Å². The Balaban J connectivity index is 1.39. The van der Waals surface area contributed by atoms with Crippen LogP contribution in [-0.4, -0.2) is 61.9 Å². The Kier molecular flexibility index (Phi) is 8.06. The lowest BCUT2D eigenvalue weighted by Crippen LogP contribution is -2.54. The number of aryl methyl sites for hydroxylation is 2. The summed E-state index contributed by atoms with van der Waals surface area (Å²) in [4.78, 5) is 26.8. The molecular weight excluding hydrogens is 555 g/mol. The predicted octanol–water partition coefficient (Wildman–Crippen LogP) is 5.79. The first-order valence-corrected chi connectivity index (χ1v) is 14.8. The fourth-order valence-electron chi connectivity index (χ4n) is 5.04. The van der Waals surface area contributed by atoms with Crippen molar-refractivity contribution in [2.24, 2.45) is 0 Å². The average Bonchev–Trinajstić information content (AvgIpc) is 3.52. The van der Waals surface area contributed by atoms with Crippen LogP contribution in [0.25, 0.3) is 16.9 Å². The number of ether oxygens (including phenoxy) is 1. The van der Waals surface area contributed by atoms with Gasteiger partial charge in [0.25, 0.3) is 0 Å². The number of hydrogen-bond donors (Lipinski definition) is 1. The van der Waals surface area contributed by atoms with Crippen molar-refractivity contribution in [3.63, 3.8) is 0 Å². The van der Waals surface area contributed by atoms with E-state index >= 15 is 0 Å². The van der Waals surface area contributed by atoms with Crippen molar-refractivity contribution in [3.8, 4) is 17.3 Å². The molecule has 0 saturated carbocycles. The monoisotopic (exact) mass is 590 g/mol. The van der Waals surface area contributed by atoms with E-state index in [4.69, 9.17) is 19.8 Å². The molecule has 0 radical (unpaired) electrons. The van der Waals surface area contributed by atoms with E-state index in [0.717, 1.165) is 27.9 Å². The van der Waals surface area contributed by atoms with Crippen LogP contribution in [0.5, 0.6) is 0 Å². The molecule has 1 amide bonds. The maximum Gasteiger partial charge on any atom is 0.410 e. The number of aromatic nitrogens is 4. The molecule has 220 valence electrons. The van der Waals surface area contributed by atoms with E-state index in [-0.39, 0.29) is 18.0 Å². The fourth-order valence-corrected chi connectivity index (χ4v) is 5.86. The summed E-state index contributed by atoms with van der Waals surface area (Å²) in [5.74, 6) is 0.484. The summed E-state index contributed by atoms with van der Waals surface area (Å²) in [5.41, 5.74) is 4.05. The van der Waals surface area contributed by atoms with Gasteiger partial charge in [-0.1, -0.05) is 6.92 Å². The number of benzene rings is 1. The zero-order chi connectivity index (χ0) is 30.2. The van der Waals surface area contributed by atoms with Crippen molar-refractivity contribution in [3.05, 3.63) is 57.4 Å². The van der Waals surface area contributed by atoms with E-state index in [2.05, 4.69) is 23.2 Å². The topological polar surface area (TPSA) is 112 Å². The molecule has 1 aliphatic rings. The number of nitrogens with zero attached hydrogens (tertiary/aromatic N) is 7. The van der Waals surface area contributed by atoms with Crippen molar-refractivity contribution in [2.75, 3.05) is 29.9 Å². The summed E-state index contributed by atoms with van der Waals surface area (Å²) in [6.07, 6.45) is 0.404. The highest BCUT2D eigenvalue weighted by molar-refractivity contribution is 7.12. The van der Waals surface area contributed by atoms with Gasteiger partial charge in [-0.15, -0.1) is 11.3 Å². The number of hydrogen-bond acceptors (Lipinski definition) is 9. The first kappa shape index (κ1) is 29.3. The van der Waals surface area contributed by atoms with E-state index in [1.165, 1.54) is 23.5 Å². The van der Waals surface area contributed by atoms with E-state index < -0.39 is 5.60 Å². The molecule has 1 N–H and O–H groups in total. The zero-order valence-electron chi connectivity index (χ0n) is 24.7. The van der Waals surface area contributed by atoms with Gasteiger partial charge in [-0.3, -0.25) is 0 Å². The lowest BCUT2D eigenvalue weighted by Gasteiger charge is -2.40. The maximum atomic E-state index is 13.4. The van der Waals surface area contributed by atoms with Gasteiger partial charge in [0.2, 0.25) is 0 Å². The molecule has 3 aromatic heterocycles. The Morgan fingerprint density at radius 3 is 2.62 bits per heavy atom. The Morgan fingerprint density at radius 1 is 1.24 bits per heavy atom. The van der Waals surface area contributed by atoms with Crippen molar-refractivity contribution < 1.29 is 13.9 Å². The molecule has 1 aliphatic heterocycles. The lowest BCUT2D eigenvalue weighted by atomic mass is 10.1. The zero-order valence-corrected chi connectivity index (χ0v) is 25.5. The normalized spacial score (nSPS) is 15.6. The van der Waals surface area contributed by atoms with Gasteiger partial charge in [0.1, 0.15) is 38.9 Å². The van der Waals surface area contributed by atoms with Crippen LogP contribution in [-0.2, 0) is 17.7 Å². The molecule has 0 aliphatic carbocycles. The molecule has 0 spiro atoms. The summed E-state index contributed by atoms with van der Waals surface area (Å²) in [6, 6.07) is 10.3. The van der Waals surface area contributed by atoms with Gasteiger partial charge in [0.05, 0.1) is 17.9 Å². The average molecular weight is 591 g/mol. The number of amides is 1. The summed E-state index contributed by atoms with van der Waals surface area (Å²) >= 11 is 1.31. The maximum absolute atomic E-state index is 13.4. The van der Waals surface area contributed by atoms with Crippen molar-refractivity contribution in [1.29, 1.82) is 5.26 Å². The minimum atomic E-state index is -0.541. The number of halogens is 1. The third kappa shape index (κ3) is 6.01. The first-order chi connectivity index (χ1) is 20.0. The number of nitrogens with one attached hydrogen (secondary N) is 1. The molecule has 4 heterocycles. The molecular formula is C30H35FN8O2S. The minimum absolute atomic E-state index is 0.0372. The summed E-state index contributed by atoms with van der Waals surface area (Å²) in [7, 11) is 0. The van der Waals surface area contributed by atoms with Crippen LogP contribution in [0.1, 0.15) is 55.9 Å². The number of thiazole rings is 1. The molecule has 12 heteroatoms. The molecule has 1 fully saturated rings. The number of fused-ring (bicyclic) bond motifs is 1. The third-order valence-corrected chi connectivity index (χ3v) is 8.00. The summed E-state index contributed by atoms with van der Waals surface area (Å²) in [5, 5.41) is 18.7. The van der Waals surface area contributed by atoms with Gasteiger partial charge in [0, 0.05) is 43.0 Å². The van der Waals surface area contributed by atoms with Crippen LogP contribution in [0.3, 0.4) is 0 Å². The second-order valence-electron chi connectivity index (χ2n) is 11.4. The smallest absolute Gasteiger partial charge is 0.410 e. The Labute approximate surface area is 248 Å². The van der Waals surface area contributed by atoms with E-state index in [1.54, 1.807) is 17.0 Å². The van der Waals surface area contributed by atoms with Gasteiger partial charge in [-0.25, -0.2) is 23.7 Å². The van der Waals surface area contributed by atoms with Crippen LogP contribution in [0, 0.1) is 24.1 Å². The molecule has 5 rings (SSSR count).